The van der Waals surface area contributed by atoms with Gasteiger partial charge in [0.2, 0.25) is 0 Å². The number of hydrogen-bond donors (Lipinski definition) is 3. The molecule has 3 aromatic heterocycles. The van der Waals surface area contributed by atoms with Crippen LogP contribution in [-0.2, 0) is 23.1 Å². The number of aromatic carboxylic acids is 1. The summed E-state index contributed by atoms with van der Waals surface area (Å²) in [6, 6.07) is 6.13. The monoisotopic (exact) mass is 618 g/mol. The Kier molecular flexibility index (Phi) is 9.92. The molecule has 3 aliphatic carbocycles. The Morgan fingerprint density at radius 3 is 2.42 bits per heavy atom. The Labute approximate surface area is 252 Å². The van der Waals surface area contributed by atoms with Crippen LogP contribution in [0.1, 0.15) is 72.5 Å². The molecule has 2 bridgehead atoms. The molecule has 232 valence electrons. The number of carbonyl (C=O) groups excluding carboxylic acids is 2. The number of benzene rings is 1. The predicted molar refractivity (Wildman–Crippen MR) is 156 cm³/mol. The fourth-order valence-corrected chi connectivity index (χ4v) is 5.65. The van der Waals surface area contributed by atoms with Gasteiger partial charge in [-0.15, -0.1) is 12.4 Å². The number of tetrazole rings is 1. The summed E-state index contributed by atoms with van der Waals surface area (Å²) in [4.78, 5) is 50.8. The van der Waals surface area contributed by atoms with Gasteiger partial charge in [-0.25, -0.2) is 14.6 Å². The van der Waals surface area contributed by atoms with Crippen LogP contribution in [0.4, 0.5) is 0 Å². The third kappa shape index (κ3) is 6.22. The molecule has 15 nitrogen and oxygen atoms in total. The van der Waals surface area contributed by atoms with Crippen LogP contribution in [0.5, 0.6) is 0 Å². The number of hydrogen-bond acceptors (Lipinski definition) is 11. The molecule has 0 saturated heterocycles. The van der Waals surface area contributed by atoms with Gasteiger partial charge in [-0.1, -0.05) is 18.6 Å². The molecular weight excluding hydrogens is 584 g/mol. The van der Waals surface area contributed by atoms with Gasteiger partial charge >= 0.3 is 17.7 Å². The first-order valence-electron chi connectivity index (χ1n) is 13.1. The Balaban J connectivity index is 0.000000269. The number of rotatable bonds is 6. The second kappa shape index (κ2) is 12.9. The minimum Gasteiger partial charge on any atom is -0.477 e. The lowest BCUT2D eigenvalue weighted by Gasteiger charge is -2.51. The standard InChI is InChI=1S/C15H11N7O5.C11H19NO2.CH4.ClH/c1-21-9-4-7(2-3-11(9)27-15(21)26)6-16-12(23)8-5-10(13(24)25)22-14(17-8)18-19-20-22;1-14-9(13)11-5-2-10(8-12,3-6-11)4-7-11;;/h2-5H,6H2,1H3,(H,16,23)(H,24,25);2-8,12H2,1H3;1H4;1H. The molecule has 3 aliphatic rings. The average Bonchev–Trinajstić information content (AvgIpc) is 3.59. The zero-order chi connectivity index (χ0) is 29.4. The number of amides is 1. The number of aromatic nitrogens is 6. The third-order valence-corrected chi connectivity index (χ3v) is 8.39. The summed E-state index contributed by atoms with van der Waals surface area (Å²) in [6.45, 7) is 0.915. The van der Waals surface area contributed by atoms with E-state index in [0.29, 0.717) is 16.5 Å². The van der Waals surface area contributed by atoms with E-state index in [1.165, 1.54) is 11.7 Å². The van der Waals surface area contributed by atoms with Gasteiger partial charge in [0.15, 0.2) is 11.3 Å². The van der Waals surface area contributed by atoms with Crippen molar-refractivity contribution in [2.24, 2.45) is 23.6 Å². The maximum absolute atomic E-state index is 12.4. The van der Waals surface area contributed by atoms with Crippen LogP contribution >= 0.6 is 12.4 Å². The zero-order valence-corrected chi connectivity index (χ0v) is 23.8. The minimum atomic E-state index is -1.30. The number of fused-ring (bicyclic) bond motifs is 5. The second-order valence-corrected chi connectivity index (χ2v) is 10.6. The van der Waals surface area contributed by atoms with Crippen LogP contribution in [0.15, 0.2) is 33.5 Å². The first-order valence-corrected chi connectivity index (χ1v) is 13.1. The first kappa shape index (κ1) is 33.1. The first-order chi connectivity index (χ1) is 19.6. The summed E-state index contributed by atoms with van der Waals surface area (Å²) in [5, 5.41) is 22.3. The van der Waals surface area contributed by atoms with Crippen molar-refractivity contribution in [3.05, 3.63) is 51.8 Å². The molecule has 0 unspecified atom stereocenters. The summed E-state index contributed by atoms with van der Waals surface area (Å²) in [6.07, 6.45) is 6.28. The van der Waals surface area contributed by atoms with E-state index in [4.69, 9.17) is 14.9 Å². The number of oxazole rings is 1. The number of aryl methyl sites for hydroxylation is 1. The third-order valence-electron chi connectivity index (χ3n) is 8.39. The lowest BCUT2D eigenvalue weighted by molar-refractivity contribution is -0.162. The highest BCUT2D eigenvalue weighted by Gasteiger charge is 2.52. The van der Waals surface area contributed by atoms with Crippen molar-refractivity contribution in [2.45, 2.75) is 52.5 Å². The molecule has 1 aromatic carbocycles. The number of methoxy groups -OCH3 is 1. The number of esters is 1. The van der Waals surface area contributed by atoms with E-state index in [0.717, 1.165) is 61.2 Å². The van der Waals surface area contributed by atoms with Gasteiger partial charge in [-0.3, -0.25) is 14.2 Å². The largest absolute Gasteiger partial charge is 0.477 e. The molecule has 0 spiro atoms. The fraction of sp³-hybridized carbons (Fsp3) is 0.481. The van der Waals surface area contributed by atoms with Crippen LogP contribution < -0.4 is 16.8 Å². The predicted octanol–water partition coefficient (Wildman–Crippen LogP) is 2.11. The fourth-order valence-electron chi connectivity index (χ4n) is 5.65. The summed E-state index contributed by atoms with van der Waals surface area (Å²) >= 11 is 0. The lowest BCUT2D eigenvalue weighted by atomic mass is 9.54. The van der Waals surface area contributed by atoms with Crippen molar-refractivity contribution in [1.29, 1.82) is 0 Å². The molecule has 3 saturated carbocycles. The highest BCUT2D eigenvalue weighted by atomic mass is 35.5. The van der Waals surface area contributed by atoms with Gasteiger partial charge < -0.3 is 25.3 Å². The second-order valence-electron chi connectivity index (χ2n) is 10.6. The number of ether oxygens (including phenoxy) is 1. The summed E-state index contributed by atoms with van der Waals surface area (Å²) < 4.78 is 12.2. The van der Waals surface area contributed by atoms with E-state index in [1.54, 1.807) is 25.2 Å². The van der Waals surface area contributed by atoms with Crippen molar-refractivity contribution < 1.29 is 28.6 Å². The molecule has 0 atom stereocenters. The smallest absolute Gasteiger partial charge is 0.419 e. The zero-order valence-electron chi connectivity index (χ0n) is 23.0. The van der Waals surface area contributed by atoms with E-state index in [1.807, 2.05) is 0 Å². The SMILES string of the molecule is C.COC(=O)C12CCC(CN)(CC1)CC2.Cl.Cn1c(=O)oc2ccc(CNC(=O)c3cc(C(=O)O)n4nnnc4n3)cc21. The highest BCUT2D eigenvalue weighted by Crippen LogP contribution is 2.56. The summed E-state index contributed by atoms with van der Waals surface area (Å²) in [5.74, 6) is -2.47. The molecule has 43 heavy (non-hydrogen) atoms. The Morgan fingerprint density at radius 2 is 1.81 bits per heavy atom. The number of nitrogens with zero attached hydrogens (tertiary/aromatic N) is 6. The van der Waals surface area contributed by atoms with Crippen LogP contribution in [0.3, 0.4) is 0 Å². The molecule has 3 heterocycles. The molecule has 7 rings (SSSR count). The van der Waals surface area contributed by atoms with Gasteiger partial charge in [-0.2, -0.15) is 4.52 Å². The van der Waals surface area contributed by atoms with E-state index in [-0.39, 0.29) is 54.9 Å². The quantitative estimate of drug-likeness (QED) is 0.265. The van der Waals surface area contributed by atoms with Crippen LogP contribution in [0, 0.1) is 10.8 Å². The summed E-state index contributed by atoms with van der Waals surface area (Å²) in [7, 11) is 3.08. The molecule has 0 radical (unpaired) electrons. The van der Waals surface area contributed by atoms with E-state index in [2.05, 4.69) is 25.8 Å². The summed E-state index contributed by atoms with van der Waals surface area (Å²) in [5.41, 5.74) is 7.35. The van der Waals surface area contributed by atoms with Crippen molar-refractivity contribution >= 4 is 47.1 Å². The number of nitrogens with two attached hydrogens (primary N) is 1. The average molecular weight is 619 g/mol. The van der Waals surface area contributed by atoms with Crippen molar-refractivity contribution in [3.63, 3.8) is 0 Å². The topological polar surface area (TPSA) is 210 Å². The van der Waals surface area contributed by atoms with E-state index >= 15 is 0 Å². The van der Waals surface area contributed by atoms with Gasteiger partial charge in [0.1, 0.15) is 5.69 Å². The van der Waals surface area contributed by atoms with Crippen molar-refractivity contribution in [2.75, 3.05) is 13.7 Å². The number of halogens is 1. The molecule has 4 aromatic rings. The van der Waals surface area contributed by atoms with E-state index < -0.39 is 17.6 Å². The normalized spacial score (nSPS) is 20.3. The van der Waals surface area contributed by atoms with Crippen LogP contribution in [-0.4, -0.2) is 66.2 Å². The van der Waals surface area contributed by atoms with Gasteiger partial charge in [0, 0.05) is 19.7 Å². The highest BCUT2D eigenvalue weighted by molar-refractivity contribution is 5.95. The molecule has 0 aliphatic heterocycles. The molecule has 16 heteroatoms. The van der Waals surface area contributed by atoms with Crippen molar-refractivity contribution in [3.8, 4) is 0 Å². The Morgan fingerprint density at radius 1 is 1.14 bits per heavy atom. The molecule has 3 fully saturated rings. The minimum absolute atomic E-state index is 0. The Bertz CT molecular complexity index is 1690. The number of carboxylic acid groups (broad SMARTS) is 1. The molecular formula is C27H35ClN8O7. The number of carboxylic acids is 1. The van der Waals surface area contributed by atoms with Gasteiger partial charge in [0.05, 0.1) is 18.0 Å². The number of carbonyl (C=O) groups is 3. The number of nitrogens with one attached hydrogen (secondary N) is 1. The lowest BCUT2D eigenvalue weighted by Crippen LogP contribution is -2.49. The maximum atomic E-state index is 12.4. The molecule has 4 N–H and O–H groups in total. The van der Waals surface area contributed by atoms with Crippen molar-refractivity contribution in [1.82, 2.24) is 34.9 Å². The van der Waals surface area contributed by atoms with Crippen LogP contribution in [0.2, 0.25) is 0 Å². The maximum Gasteiger partial charge on any atom is 0.419 e. The van der Waals surface area contributed by atoms with Gasteiger partial charge in [0.25, 0.3) is 11.7 Å². The van der Waals surface area contributed by atoms with E-state index in [9.17, 15) is 24.3 Å². The van der Waals surface area contributed by atoms with Gasteiger partial charge in [-0.05, 0) is 78.6 Å². The molecule has 1 amide bonds. The van der Waals surface area contributed by atoms with Crippen LogP contribution in [0.25, 0.3) is 16.9 Å². The Hall–Kier alpha value is -4.37.